The number of hydrogen-bond donors (Lipinski definition) is 2. The number of likely N-dealkylation sites (N-methyl/N-ethyl adjacent to an activating group) is 1. The molecule has 0 aliphatic carbocycles. The third-order valence-electron chi connectivity index (χ3n) is 3.50. The van der Waals surface area contributed by atoms with Gasteiger partial charge in [-0.05, 0) is 38.1 Å². The summed E-state index contributed by atoms with van der Waals surface area (Å²) in [4.78, 5) is 2.41. The van der Waals surface area contributed by atoms with Crippen molar-refractivity contribution in [3.8, 4) is 5.75 Å². The van der Waals surface area contributed by atoms with Gasteiger partial charge in [-0.25, -0.2) is 0 Å². The molecule has 1 unspecified atom stereocenters. The Bertz CT molecular complexity index is 385. The van der Waals surface area contributed by atoms with Gasteiger partial charge in [-0.3, -0.25) is 0 Å². The standard InChI is InChI=1S/C17H30N2O2/c1-4-11-19(5-2)12-10-18-13-16(20)14-21-17-9-7-6-8-15(17)3/h6-9,16,18,20H,4-5,10-14H2,1-3H3. The van der Waals surface area contributed by atoms with Gasteiger partial charge in [-0.15, -0.1) is 0 Å². The number of benzene rings is 1. The van der Waals surface area contributed by atoms with Crippen LogP contribution in [0.4, 0.5) is 0 Å². The molecular weight excluding hydrogens is 264 g/mol. The molecule has 0 aromatic heterocycles. The summed E-state index contributed by atoms with van der Waals surface area (Å²) in [6.07, 6.45) is 0.701. The summed E-state index contributed by atoms with van der Waals surface area (Å²) in [6.45, 7) is 11.4. The van der Waals surface area contributed by atoms with E-state index in [1.165, 1.54) is 6.42 Å². The first-order chi connectivity index (χ1) is 10.2. The van der Waals surface area contributed by atoms with Gasteiger partial charge in [0, 0.05) is 19.6 Å². The molecule has 4 heteroatoms. The molecule has 0 radical (unpaired) electrons. The van der Waals surface area contributed by atoms with E-state index in [2.05, 4.69) is 24.1 Å². The molecular formula is C17H30N2O2. The molecule has 0 aliphatic rings. The number of ether oxygens (including phenoxy) is 1. The van der Waals surface area contributed by atoms with Gasteiger partial charge in [0.1, 0.15) is 18.5 Å². The molecule has 0 saturated heterocycles. The van der Waals surface area contributed by atoms with Crippen LogP contribution in [0.2, 0.25) is 0 Å². The number of hydrogen-bond acceptors (Lipinski definition) is 4. The topological polar surface area (TPSA) is 44.7 Å². The molecule has 0 heterocycles. The maximum atomic E-state index is 9.93. The third kappa shape index (κ3) is 7.46. The lowest BCUT2D eigenvalue weighted by molar-refractivity contribution is 0.105. The molecule has 1 aromatic rings. The van der Waals surface area contributed by atoms with Crippen molar-refractivity contribution in [1.82, 2.24) is 10.2 Å². The van der Waals surface area contributed by atoms with Gasteiger partial charge in [0.25, 0.3) is 0 Å². The second-order valence-corrected chi connectivity index (χ2v) is 5.37. The fourth-order valence-corrected chi connectivity index (χ4v) is 2.21. The second kappa shape index (κ2) is 10.6. The van der Waals surface area contributed by atoms with Crippen LogP contribution in [0.1, 0.15) is 25.8 Å². The molecule has 0 bridgehead atoms. The third-order valence-corrected chi connectivity index (χ3v) is 3.50. The van der Waals surface area contributed by atoms with E-state index in [4.69, 9.17) is 4.74 Å². The van der Waals surface area contributed by atoms with Crippen LogP contribution in [0.5, 0.6) is 5.75 Å². The van der Waals surface area contributed by atoms with Gasteiger partial charge < -0.3 is 20.1 Å². The molecule has 0 fully saturated rings. The zero-order chi connectivity index (χ0) is 15.5. The normalized spacial score (nSPS) is 12.6. The van der Waals surface area contributed by atoms with E-state index in [9.17, 15) is 5.11 Å². The Balaban J connectivity index is 2.14. The molecule has 0 aliphatic heterocycles. The van der Waals surface area contributed by atoms with Crippen molar-refractivity contribution in [2.24, 2.45) is 0 Å². The first-order valence-electron chi connectivity index (χ1n) is 7.96. The highest BCUT2D eigenvalue weighted by atomic mass is 16.5. The fraction of sp³-hybridized carbons (Fsp3) is 0.647. The number of rotatable bonds is 11. The maximum absolute atomic E-state index is 9.93. The van der Waals surface area contributed by atoms with E-state index in [0.717, 1.165) is 37.5 Å². The Morgan fingerprint density at radius 1 is 1.24 bits per heavy atom. The first kappa shape index (κ1) is 18.0. The number of aliphatic hydroxyl groups is 1. The predicted molar refractivity (Wildman–Crippen MR) is 88.0 cm³/mol. The van der Waals surface area contributed by atoms with Gasteiger partial charge in [0.05, 0.1) is 0 Å². The summed E-state index contributed by atoms with van der Waals surface area (Å²) >= 11 is 0. The Labute approximate surface area is 129 Å². The SMILES string of the molecule is CCCN(CC)CCNCC(O)COc1ccccc1C. The second-order valence-electron chi connectivity index (χ2n) is 5.37. The van der Waals surface area contributed by atoms with Crippen LogP contribution in [-0.4, -0.2) is 55.4 Å². The Kier molecular flexibility index (Phi) is 9.06. The Morgan fingerprint density at radius 3 is 2.67 bits per heavy atom. The molecule has 0 saturated carbocycles. The minimum Gasteiger partial charge on any atom is -0.491 e. The largest absolute Gasteiger partial charge is 0.491 e. The van der Waals surface area contributed by atoms with Crippen molar-refractivity contribution in [3.63, 3.8) is 0 Å². The molecule has 1 aromatic carbocycles. The van der Waals surface area contributed by atoms with Crippen molar-refractivity contribution in [2.75, 3.05) is 39.3 Å². The van der Waals surface area contributed by atoms with Crippen molar-refractivity contribution in [2.45, 2.75) is 33.3 Å². The smallest absolute Gasteiger partial charge is 0.122 e. The van der Waals surface area contributed by atoms with E-state index in [1.54, 1.807) is 0 Å². The van der Waals surface area contributed by atoms with Crippen molar-refractivity contribution >= 4 is 0 Å². The summed E-state index contributed by atoms with van der Waals surface area (Å²) in [7, 11) is 0. The van der Waals surface area contributed by atoms with Crippen LogP contribution < -0.4 is 10.1 Å². The van der Waals surface area contributed by atoms with Crippen LogP contribution in [-0.2, 0) is 0 Å². The summed E-state index contributed by atoms with van der Waals surface area (Å²) in [5.41, 5.74) is 1.09. The highest BCUT2D eigenvalue weighted by Gasteiger charge is 2.06. The zero-order valence-corrected chi connectivity index (χ0v) is 13.6. The lowest BCUT2D eigenvalue weighted by Gasteiger charge is -2.20. The quantitative estimate of drug-likeness (QED) is 0.613. The van der Waals surface area contributed by atoms with Crippen LogP contribution >= 0.6 is 0 Å². The van der Waals surface area contributed by atoms with E-state index < -0.39 is 6.10 Å². The number of nitrogens with zero attached hydrogens (tertiary/aromatic N) is 1. The highest BCUT2D eigenvalue weighted by Crippen LogP contribution is 2.16. The van der Waals surface area contributed by atoms with Gasteiger partial charge in [0.2, 0.25) is 0 Å². The fourth-order valence-electron chi connectivity index (χ4n) is 2.21. The van der Waals surface area contributed by atoms with Crippen molar-refractivity contribution in [3.05, 3.63) is 29.8 Å². The van der Waals surface area contributed by atoms with Gasteiger partial charge in [0.15, 0.2) is 0 Å². The molecule has 0 spiro atoms. The van der Waals surface area contributed by atoms with Gasteiger partial charge in [-0.1, -0.05) is 32.0 Å². The molecule has 4 nitrogen and oxygen atoms in total. The van der Waals surface area contributed by atoms with E-state index in [1.807, 2.05) is 31.2 Å². The monoisotopic (exact) mass is 294 g/mol. The molecule has 2 N–H and O–H groups in total. The molecule has 120 valence electrons. The van der Waals surface area contributed by atoms with E-state index in [0.29, 0.717) is 13.2 Å². The van der Waals surface area contributed by atoms with Crippen LogP contribution in [0, 0.1) is 6.92 Å². The average molecular weight is 294 g/mol. The minimum atomic E-state index is -0.481. The molecule has 0 amide bonds. The Hall–Kier alpha value is -1.10. The summed E-state index contributed by atoms with van der Waals surface area (Å²) in [5.74, 6) is 0.844. The van der Waals surface area contributed by atoms with Gasteiger partial charge in [-0.2, -0.15) is 0 Å². The van der Waals surface area contributed by atoms with E-state index in [-0.39, 0.29) is 0 Å². The number of aryl methyl sites for hydroxylation is 1. The molecule has 1 atom stereocenters. The van der Waals surface area contributed by atoms with Crippen molar-refractivity contribution < 1.29 is 9.84 Å². The number of nitrogens with one attached hydrogen (secondary N) is 1. The van der Waals surface area contributed by atoms with Crippen LogP contribution in [0.25, 0.3) is 0 Å². The lowest BCUT2D eigenvalue weighted by Crippen LogP contribution is -2.37. The number of para-hydroxylation sites is 1. The highest BCUT2D eigenvalue weighted by molar-refractivity contribution is 5.31. The predicted octanol–water partition coefficient (Wildman–Crippen LogP) is 2.06. The summed E-state index contributed by atoms with van der Waals surface area (Å²) in [6, 6.07) is 7.86. The minimum absolute atomic E-state index is 0.324. The summed E-state index contributed by atoms with van der Waals surface area (Å²) < 4.78 is 5.64. The number of aliphatic hydroxyl groups excluding tert-OH is 1. The Morgan fingerprint density at radius 2 is 2.00 bits per heavy atom. The van der Waals surface area contributed by atoms with Crippen LogP contribution in [0.15, 0.2) is 24.3 Å². The van der Waals surface area contributed by atoms with Crippen molar-refractivity contribution in [1.29, 1.82) is 0 Å². The first-order valence-corrected chi connectivity index (χ1v) is 7.96. The lowest BCUT2D eigenvalue weighted by atomic mass is 10.2. The van der Waals surface area contributed by atoms with Crippen LogP contribution in [0.3, 0.4) is 0 Å². The zero-order valence-electron chi connectivity index (χ0n) is 13.6. The summed E-state index contributed by atoms with van der Waals surface area (Å²) in [5, 5.41) is 13.2. The van der Waals surface area contributed by atoms with E-state index >= 15 is 0 Å². The average Bonchev–Trinajstić information content (AvgIpc) is 2.49. The maximum Gasteiger partial charge on any atom is 0.122 e. The molecule has 21 heavy (non-hydrogen) atoms. The van der Waals surface area contributed by atoms with Gasteiger partial charge >= 0.3 is 0 Å². The molecule has 1 rings (SSSR count).